The molecule has 4 nitrogen and oxygen atoms in total. The van der Waals surface area contributed by atoms with Gasteiger partial charge in [-0.25, -0.2) is 4.98 Å². The average Bonchev–Trinajstić information content (AvgIpc) is 2.78. The normalized spacial score (nSPS) is 10.8. The summed E-state index contributed by atoms with van der Waals surface area (Å²) in [6, 6.07) is 8.00. The molecule has 0 aliphatic heterocycles. The zero-order chi connectivity index (χ0) is 13.4. The minimum Gasteiger partial charge on any atom is -0.494 e. The van der Waals surface area contributed by atoms with Gasteiger partial charge in [-0.1, -0.05) is 11.3 Å². The summed E-state index contributed by atoms with van der Waals surface area (Å²) in [7, 11) is 1.64. The highest BCUT2D eigenvalue weighted by Gasteiger charge is 2.13. The Kier molecular flexibility index (Phi) is 2.83. The molecule has 0 atom stereocenters. The molecule has 3 aromatic rings. The molecule has 5 heteroatoms. The van der Waals surface area contributed by atoms with Crippen molar-refractivity contribution < 1.29 is 4.74 Å². The van der Waals surface area contributed by atoms with Gasteiger partial charge in [-0.2, -0.15) is 0 Å². The molecule has 0 unspecified atom stereocenters. The Bertz CT molecular complexity index is 752. The minimum absolute atomic E-state index is 0.548. The zero-order valence-electron chi connectivity index (χ0n) is 10.7. The fraction of sp³-hybridized carbons (Fsp3) is 0.143. The average molecular weight is 271 g/mol. The van der Waals surface area contributed by atoms with Gasteiger partial charge >= 0.3 is 0 Å². The number of nitrogen functional groups attached to an aromatic ring is 1. The number of thiazole rings is 1. The number of hydrogen-bond donors (Lipinski definition) is 1. The van der Waals surface area contributed by atoms with Gasteiger partial charge in [-0.15, -0.1) is 0 Å². The molecule has 2 N–H and O–H groups in total. The highest BCUT2D eigenvalue weighted by Crippen LogP contribution is 2.38. The van der Waals surface area contributed by atoms with Crippen LogP contribution in [0.3, 0.4) is 0 Å². The fourth-order valence-electron chi connectivity index (χ4n) is 2.10. The first kappa shape index (κ1) is 11.9. The Balaban J connectivity index is 2.30. The number of nitrogens with zero attached hydrogens (tertiary/aromatic N) is 2. The molecule has 0 amide bonds. The molecule has 0 saturated carbocycles. The van der Waals surface area contributed by atoms with Crippen molar-refractivity contribution in [1.29, 1.82) is 0 Å². The van der Waals surface area contributed by atoms with Gasteiger partial charge in [0.1, 0.15) is 11.3 Å². The van der Waals surface area contributed by atoms with Crippen molar-refractivity contribution in [2.24, 2.45) is 0 Å². The van der Waals surface area contributed by atoms with Crippen LogP contribution in [0.4, 0.5) is 5.13 Å². The van der Waals surface area contributed by atoms with Crippen molar-refractivity contribution in [2.45, 2.75) is 6.92 Å². The lowest BCUT2D eigenvalue weighted by molar-refractivity contribution is 0.419. The fourth-order valence-corrected chi connectivity index (χ4v) is 2.99. The highest BCUT2D eigenvalue weighted by atomic mass is 32.1. The van der Waals surface area contributed by atoms with Gasteiger partial charge in [0.05, 0.1) is 11.8 Å². The Morgan fingerprint density at radius 2 is 2.11 bits per heavy atom. The van der Waals surface area contributed by atoms with Crippen LogP contribution >= 0.6 is 11.3 Å². The van der Waals surface area contributed by atoms with E-state index < -0.39 is 0 Å². The molecule has 96 valence electrons. The second-order valence-electron chi connectivity index (χ2n) is 4.23. The van der Waals surface area contributed by atoms with E-state index in [2.05, 4.69) is 16.0 Å². The van der Waals surface area contributed by atoms with E-state index in [4.69, 9.17) is 10.5 Å². The number of hydrogen-bond acceptors (Lipinski definition) is 5. The largest absolute Gasteiger partial charge is 0.494 e. The van der Waals surface area contributed by atoms with E-state index in [0.29, 0.717) is 5.13 Å². The molecule has 2 aromatic heterocycles. The van der Waals surface area contributed by atoms with Gasteiger partial charge in [-0.05, 0) is 36.8 Å². The van der Waals surface area contributed by atoms with Crippen LogP contribution in [0, 0.1) is 6.92 Å². The van der Waals surface area contributed by atoms with Crippen molar-refractivity contribution in [3.8, 4) is 16.9 Å². The molecule has 0 fully saturated rings. The second kappa shape index (κ2) is 4.51. The van der Waals surface area contributed by atoms with Crippen LogP contribution in [-0.2, 0) is 0 Å². The van der Waals surface area contributed by atoms with E-state index in [1.165, 1.54) is 11.3 Å². The van der Waals surface area contributed by atoms with Gasteiger partial charge in [0.2, 0.25) is 0 Å². The van der Waals surface area contributed by atoms with Crippen LogP contribution in [0.15, 0.2) is 30.5 Å². The summed E-state index contributed by atoms with van der Waals surface area (Å²) in [5.41, 5.74) is 9.85. The third kappa shape index (κ3) is 2.02. The molecule has 1 aromatic carbocycles. The Morgan fingerprint density at radius 1 is 1.26 bits per heavy atom. The minimum atomic E-state index is 0.548. The Hall–Kier alpha value is -2.14. The molecular formula is C14H13N3OS. The van der Waals surface area contributed by atoms with Gasteiger partial charge in [0.25, 0.3) is 0 Å². The van der Waals surface area contributed by atoms with Crippen LogP contribution < -0.4 is 10.5 Å². The molecule has 0 bridgehead atoms. The van der Waals surface area contributed by atoms with E-state index in [1.54, 1.807) is 7.11 Å². The van der Waals surface area contributed by atoms with E-state index in [-0.39, 0.29) is 0 Å². The zero-order valence-corrected chi connectivity index (χ0v) is 11.5. The van der Waals surface area contributed by atoms with Gasteiger partial charge in [0, 0.05) is 17.5 Å². The lowest BCUT2D eigenvalue weighted by atomic mass is 10.1. The maximum atomic E-state index is 5.83. The SMILES string of the molecule is COc1ccc(-c2ccnc(C)c2)c2sc(N)nc12. The third-order valence-electron chi connectivity index (χ3n) is 2.95. The summed E-state index contributed by atoms with van der Waals surface area (Å²) in [6.45, 7) is 1.98. The molecule has 19 heavy (non-hydrogen) atoms. The van der Waals surface area contributed by atoms with Crippen LogP contribution in [0.1, 0.15) is 5.69 Å². The molecule has 0 aliphatic rings. The smallest absolute Gasteiger partial charge is 0.181 e. The first-order chi connectivity index (χ1) is 9.19. The number of nitrogens with two attached hydrogens (primary N) is 1. The summed E-state index contributed by atoms with van der Waals surface area (Å²) in [6.07, 6.45) is 1.81. The van der Waals surface area contributed by atoms with Crippen molar-refractivity contribution in [1.82, 2.24) is 9.97 Å². The predicted molar refractivity (Wildman–Crippen MR) is 78.6 cm³/mol. The number of fused-ring (bicyclic) bond motifs is 1. The molecule has 0 spiro atoms. The van der Waals surface area contributed by atoms with Crippen molar-refractivity contribution in [3.05, 3.63) is 36.2 Å². The standard InChI is InChI=1S/C14H13N3OS/c1-8-7-9(5-6-16-8)10-3-4-11(18-2)12-13(10)19-14(15)17-12/h3-7H,1-2H3,(H2,15,17). The van der Waals surface area contributed by atoms with Crippen molar-refractivity contribution in [2.75, 3.05) is 12.8 Å². The lowest BCUT2D eigenvalue weighted by Crippen LogP contribution is -1.88. The summed E-state index contributed by atoms with van der Waals surface area (Å²) >= 11 is 1.48. The van der Waals surface area contributed by atoms with Gasteiger partial charge in [0.15, 0.2) is 5.13 Å². The molecule has 0 saturated heterocycles. The first-order valence-corrected chi connectivity index (χ1v) is 6.66. The van der Waals surface area contributed by atoms with Crippen molar-refractivity contribution >= 4 is 26.7 Å². The van der Waals surface area contributed by atoms with Gasteiger partial charge < -0.3 is 10.5 Å². The topological polar surface area (TPSA) is 61.0 Å². The summed E-state index contributed by atoms with van der Waals surface area (Å²) in [4.78, 5) is 8.57. The van der Waals surface area contributed by atoms with Crippen LogP contribution in [0.25, 0.3) is 21.3 Å². The molecule has 3 rings (SSSR count). The first-order valence-electron chi connectivity index (χ1n) is 5.85. The number of methoxy groups -OCH3 is 1. The predicted octanol–water partition coefficient (Wildman–Crippen LogP) is 3.26. The monoisotopic (exact) mass is 271 g/mol. The lowest BCUT2D eigenvalue weighted by Gasteiger charge is -2.06. The summed E-state index contributed by atoms with van der Waals surface area (Å²) in [5.74, 6) is 0.748. The number of ether oxygens (including phenoxy) is 1. The van der Waals surface area contributed by atoms with Crippen LogP contribution in [0.5, 0.6) is 5.75 Å². The molecule has 2 heterocycles. The Morgan fingerprint density at radius 3 is 2.84 bits per heavy atom. The Labute approximate surface area is 114 Å². The van der Waals surface area contributed by atoms with E-state index in [0.717, 1.165) is 32.8 Å². The molecular weight excluding hydrogens is 258 g/mol. The third-order valence-corrected chi connectivity index (χ3v) is 3.87. The van der Waals surface area contributed by atoms with E-state index in [9.17, 15) is 0 Å². The second-order valence-corrected chi connectivity index (χ2v) is 5.26. The number of anilines is 1. The van der Waals surface area contributed by atoms with E-state index >= 15 is 0 Å². The summed E-state index contributed by atoms with van der Waals surface area (Å²) in [5, 5.41) is 0.548. The number of benzene rings is 1. The quantitative estimate of drug-likeness (QED) is 0.777. The molecule has 0 aliphatic carbocycles. The number of aromatic nitrogens is 2. The van der Waals surface area contributed by atoms with Crippen LogP contribution in [-0.4, -0.2) is 17.1 Å². The maximum Gasteiger partial charge on any atom is 0.181 e. The van der Waals surface area contributed by atoms with Crippen LogP contribution in [0.2, 0.25) is 0 Å². The number of aryl methyl sites for hydroxylation is 1. The highest BCUT2D eigenvalue weighted by molar-refractivity contribution is 7.22. The van der Waals surface area contributed by atoms with Gasteiger partial charge in [-0.3, -0.25) is 4.98 Å². The number of rotatable bonds is 2. The van der Waals surface area contributed by atoms with E-state index in [1.807, 2.05) is 31.3 Å². The summed E-state index contributed by atoms with van der Waals surface area (Å²) < 4.78 is 6.38. The number of pyridine rings is 1. The maximum absolute atomic E-state index is 5.83. The van der Waals surface area contributed by atoms with Crippen molar-refractivity contribution in [3.63, 3.8) is 0 Å². The molecule has 0 radical (unpaired) electrons.